The van der Waals surface area contributed by atoms with E-state index in [1.807, 2.05) is 39.0 Å². The summed E-state index contributed by atoms with van der Waals surface area (Å²) < 4.78 is 5.20. The van der Waals surface area contributed by atoms with Crippen LogP contribution < -0.4 is 0 Å². The molecule has 1 aromatic heterocycles. The molecule has 0 unspecified atom stereocenters. The van der Waals surface area contributed by atoms with Crippen LogP contribution in [0.25, 0.3) is 0 Å². The topological polar surface area (TPSA) is 45.7 Å². The molecule has 0 spiro atoms. The molecule has 0 bridgehead atoms. The highest BCUT2D eigenvalue weighted by Crippen LogP contribution is 2.32. The van der Waals surface area contributed by atoms with Crippen LogP contribution in [0.5, 0.6) is 5.75 Å². The average molecular weight is 243 g/mol. The number of hydrogen-bond donors (Lipinski definition) is 1. The normalized spacial score (nSPS) is 11.6. The maximum atomic E-state index is 9.87. The Labute approximate surface area is 107 Å². The molecular formula is C15H17NO2. The summed E-state index contributed by atoms with van der Waals surface area (Å²) in [4.78, 5) is 4.40. The first-order valence-corrected chi connectivity index (χ1v) is 5.99. The van der Waals surface area contributed by atoms with Gasteiger partial charge in [-0.25, -0.2) is 0 Å². The number of phenols is 1. The van der Waals surface area contributed by atoms with Crippen LogP contribution in [0.1, 0.15) is 36.7 Å². The summed E-state index contributed by atoms with van der Waals surface area (Å²) in [6.07, 6.45) is 3.30. The van der Waals surface area contributed by atoms with E-state index in [4.69, 9.17) is 4.42 Å². The van der Waals surface area contributed by atoms with Crippen molar-refractivity contribution in [2.45, 2.75) is 26.7 Å². The number of aryl methyl sites for hydroxylation is 1. The molecule has 0 fully saturated rings. The predicted molar refractivity (Wildman–Crippen MR) is 72.9 cm³/mol. The number of furan rings is 1. The molecule has 2 rings (SSSR count). The quantitative estimate of drug-likeness (QED) is 0.822. The van der Waals surface area contributed by atoms with Gasteiger partial charge in [0.2, 0.25) is 0 Å². The molecule has 2 aromatic rings. The Morgan fingerprint density at radius 3 is 2.72 bits per heavy atom. The van der Waals surface area contributed by atoms with Gasteiger partial charge in [-0.1, -0.05) is 13.8 Å². The van der Waals surface area contributed by atoms with Crippen molar-refractivity contribution >= 4 is 11.9 Å². The van der Waals surface area contributed by atoms with E-state index in [-0.39, 0.29) is 5.92 Å². The van der Waals surface area contributed by atoms with Crippen LogP contribution in [0.15, 0.2) is 39.9 Å². The van der Waals surface area contributed by atoms with E-state index in [0.29, 0.717) is 11.5 Å². The van der Waals surface area contributed by atoms with Gasteiger partial charge in [0.1, 0.15) is 11.5 Å². The molecule has 0 atom stereocenters. The Morgan fingerprint density at radius 1 is 1.33 bits per heavy atom. The number of aliphatic imine (C=N–C) groups is 1. The third-order valence-corrected chi connectivity index (χ3v) is 2.84. The Hall–Kier alpha value is -2.03. The SMILES string of the molecule is Cc1cc(O)c(C(C)C)cc1N=Cc1ccco1. The van der Waals surface area contributed by atoms with Crippen LogP contribution >= 0.6 is 0 Å². The third kappa shape index (κ3) is 2.62. The lowest BCUT2D eigenvalue weighted by Crippen LogP contribution is -1.89. The van der Waals surface area contributed by atoms with E-state index in [2.05, 4.69) is 4.99 Å². The number of rotatable bonds is 3. The van der Waals surface area contributed by atoms with Crippen molar-refractivity contribution in [1.82, 2.24) is 0 Å². The molecule has 0 aliphatic rings. The van der Waals surface area contributed by atoms with E-state index in [9.17, 15) is 5.11 Å². The molecule has 3 heteroatoms. The van der Waals surface area contributed by atoms with Crippen molar-refractivity contribution in [3.63, 3.8) is 0 Å². The van der Waals surface area contributed by atoms with Gasteiger partial charge in [0.15, 0.2) is 0 Å². The van der Waals surface area contributed by atoms with Crippen molar-refractivity contribution in [3.8, 4) is 5.75 Å². The standard InChI is InChI=1S/C15H17NO2/c1-10(2)13-8-14(11(3)7-15(13)17)16-9-12-5-4-6-18-12/h4-10,17H,1-3H3. The zero-order chi connectivity index (χ0) is 13.1. The first kappa shape index (κ1) is 12.4. The molecule has 0 aliphatic carbocycles. The second-order valence-corrected chi connectivity index (χ2v) is 4.63. The first-order chi connectivity index (χ1) is 8.58. The van der Waals surface area contributed by atoms with Crippen molar-refractivity contribution in [2.75, 3.05) is 0 Å². The van der Waals surface area contributed by atoms with Gasteiger partial charge in [-0.3, -0.25) is 4.99 Å². The van der Waals surface area contributed by atoms with E-state index < -0.39 is 0 Å². The van der Waals surface area contributed by atoms with Crippen LogP contribution in [-0.2, 0) is 0 Å². The molecule has 1 heterocycles. The predicted octanol–water partition coefficient (Wildman–Crippen LogP) is 4.17. The monoisotopic (exact) mass is 243 g/mol. The summed E-state index contributed by atoms with van der Waals surface area (Å²) in [5.41, 5.74) is 2.71. The number of aromatic hydroxyl groups is 1. The summed E-state index contributed by atoms with van der Waals surface area (Å²) in [5, 5.41) is 9.87. The number of phenolic OH excluding ortho intramolecular Hbond substituents is 1. The molecule has 0 amide bonds. The lowest BCUT2D eigenvalue weighted by atomic mass is 9.99. The van der Waals surface area contributed by atoms with Gasteiger partial charge in [0.05, 0.1) is 18.2 Å². The minimum absolute atomic E-state index is 0.267. The smallest absolute Gasteiger partial charge is 0.144 e. The minimum Gasteiger partial charge on any atom is -0.508 e. The van der Waals surface area contributed by atoms with E-state index >= 15 is 0 Å². The summed E-state index contributed by atoms with van der Waals surface area (Å²) >= 11 is 0. The fraction of sp³-hybridized carbons (Fsp3) is 0.267. The van der Waals surface area contributed by atoms with Gasteiger partial charge in [-0.2, -0.15) is 0 Å². The Kier molecular flexibility index (Phi) is 3.51. The third-order valence-electron chi connectivity index (χ3n) is 2.84. The fourth-order valence-corrected chi connectivity index (χ4v) is 1.80. The lowest BCUT2D eigenvalue weighted by Gasteiger charge is -2.11. The maximum absolute atomic E-state index is 9.87. The zero-order valence-electron chi connectivity index (χ0n) is 10.8. The lowest BCUT2D eigenvalue weighted by molar-refractivity contribution is 0.464. The van der Waals surface area contributed by atoms with Crippen molar-refractivity contribution in [1.29, 1.82) is 0 Å². The molecule has 1 aromatic carbocycles. The van der Waals surface area contributed by atoms with Crippen LogP contribution in [-0.4, -0.2) is 11.3 Å². The summed E-state index contributed by atoms with van der Waals surface area (Å²) in [5.74, 6) is 1.32. The Morgan fingerprint density at radius 2 is 2.11 bits per heavy atom. The van der Waals surface area contributed by atoms with Crippen molar-refractivity contribution in [3.05, 3.63) is 47.4 Å². The first-order valence-electron chi connectivity index (χ1n) is 5.99. The van der Waals surface area contributed by atoms with Crippen LogP contribution in [0, 0.1) is 6.92 Å². The molecule has 1 N–H and O–H groups in total. The molecule has 0 aliphatic heterocycles. The second kappa shape index (κ2) is 5.08. The van der Waals surface area contributed by atoms with E-state index in [1.165, 1.54) is 0 Å². The summed E-state index contributed by atoms with van der Waals surface area (Å²) in [6.45, 7) is 6.02. The molecular weight excluding hydrogens is 226 g/mol. The highest BCUT2D eigenvalue weighted by Gasteiger charge is 2.09. The molecule has 3 nitrogen and oxygen atoms in total. The number of benzene rings is 1. The van der Waals surface area contributed by atoms with Crippen molar-refractivity contribution < 1.29 is 9.52 Å². The zero-order valence-corrected chi connectivity index (χ0v) is 10.8. The molecule has 18 heavy (non-hydrogen) atoms. The van der Waals surface area contributed by atoms with Crippen molar-refractivity contribution in [2.24, 2.45) is 4.99 Å². The van der Waals surface area contributed by atoms with E-state index in [0.717, 1.165) is 16.8 Å². The average Bonchev–Trinajstić information content (AvgIpc) is 2.80. The van der Waals surface area contributed by atoms with Gasteiger partial charge >= 0.3 is 0 Å². The van der Waals surface area contributed by atoms with Gasteiger partial charge in [-0.05, 0) is 48.2 Å². The second-order valence-electron chi connectivity index (χ2n) is 4.63. The summed E-state index contributed by atoms with van der Waals surface area (Å²) in [7, 11) is 0. The van der Waals surface area contributed by atoms with Gasteiger partial charge in [0, 0.05) is 0 Å². The van der Waals surface area contributed by atoms with Gasteiger partial charge in [0.25, 0.3) is 0 Å². The maximum Gasteiger partial charge on any atom is 0.144 e. The van der Waals surface area contributed by atoms with Crippen LogP contribution in [0.2, 0.25) is 0 Å². The van der Waals surface area contributed by atoms with Gasteiger partial charge < -0.3 is 9.52 Å². The number of nitrogens with zero attached hydrogens (tertiary/aromatic N) is 1. The van der Waals surface area contributed by atoms with Crippen LogP contribution in [0.4, 0.5) is 5.69 Å². The molecule has 0 saturated carbocycles. The molecule has 0 radical (unpaired) electrons. The molecule has 94 valence electrons. The summed E-state index contributed by atoms with van der Waals surface area (Å²) in [6, 6.07) is 7.35. The number of hydrogen-bond acceptors (Lipinski definition) is 3. The largest absolute Gasteiger partial charge is 0.508 e. The highest BCUT2D eigenvalue weighted by atomic mass is 16.3. The van der Waals surface area contributed by atoms with E-state index in [1.54, 1.807) is 18.5 Å². The Bertz CT molecular complexity index is 554. The highest BCUT2D eigenvalue weighted by molar-refractivity contribution is 5.79. The fourth-order valence-electron chi connectivity index (χ4n) is 1.80. The van der Waals surface area contributed by atoms with Crippen LogP contribution in [0.3, 0.4) is 0 Å². The van der Waals surface area contributed by atoms with Gasteiger partial charge in [-0.15, -0.1) is 0 Å². The Balaban J connectivity index is 2.36. The molecule has 0 saturated heterocycles. The minimum atomic E-state index is 0.267.